The molecule has 0 spiro atoms. The maximum atomic E-state index is 5.54. The van der Waals surface area contributed by atoms with Gasteiger partial charge in [0.1, 0.15) is 5.82 Å². The van der Waals surface area contributed by atoms with E-state index in [1.54, 1.807) is 6.20 Å². The Labute approximate surface area is 80.5 Å². The predicted octanol–water partition coefficient (Wildman–Crippen LogP) is 1.61. The Hall–Kier alpha value is -0.480. The van der Waals surface area contributed by atoms with Crippen LogP contribution in [0.1, 0.15) is 24.4 Å². The van der Waals surface area contributed by atoms with E-state index >= 15 is 0 Å². The third kappa shape index (κ3) is 2.01. The second kappa shape index (κ2) is 3.96. The minimum absolute atomic E-state index is 0.279. The van der Waals surface area contributed by atoms with Crippen molar-refractivity contribution in [2.24, 2.45) is 5.73 Å². The minimum Gasteiger partial charge on any atom is -0.330 e. The quantitative estimate of drug-likeness (QED) is 0.839. The molecule has 0 aliphatic rings. The van der Waals surface area contributed by atoms with E-state index in [1.165, 1.54) is 0 Å². The second-order valence-electron chi connectivity index (χ2n) is 2.79. The zero-order valence-corrected chi connectivity index (χ0v) is 8.80. The lowest BCUT2D eigenvalue weighted by molar-refractivity contribution is 0.728. The first-order valence-electron chi connectivity index (χ1n) is 3.84. The molecule has 0 saturated carbocycles. The summed E-state index contributed by atoms with van der Waals surface area (Å²) < 4.78 is 0.936. The maximum Gasteiger partial charge on any atom is 0.125 e. The van der Waals surface area contributed by atoms with Crippen molar-refractivity contribution in [3.8, 4) is 0 Å². The molecule has 1 heterocycles. The van der Waals surface area contributed by atoms with Crippen LogP contribution in [0.25, 0.3) is 0 Å². The molecule has 0 saturated heterocycles. The van der Waals surface area contributed by atoms with Gasteiger partial charge < -0.3 is 5.73 Å². The van der Waals surface area contributed by atoms with Crippen LogP contribution in [-0.2, 0) is 0 Å². The summed E-state index contributed by atoms with van der Waals surface area (Å²) in [4.78, 5) is 8.36. The molecule has 0 amide bonds. The molecule has 2 N–H and O–H groups in total. The molecule has 0 aliphatic heterocycles. The molecule has 0 aliphatic carbocycles. The number of halogens is 1. The Balaban J connectivity index is 3.04. The summed E-state index contributed by atoms with van der Waals surface area (Å²) in [5.74, 6) is 1.06. The van der Waals surface area contributed by atoms with Gasteiger partial charge in [-0.1, -0.05) is 6.92 Å². The molecule has 0 radical (unpaired) electrons. The lowest BCUT2D eigenvalue weighted by Crippen LogP contribution is -2.12. The maximum absolute atomic E-state index is 5.54. The normalized spacial score (nSPS) is 13.0. The van der Waals surface area contributed by atoms with Gasteiger partial charge in [0.05, 0.1) is 10.2 Å². The molecule has 66 valence electrons. The number of hydrogen-bond acceptors (Lipinski definition) is 3. The predicted molar refractivity (Wildman–Crippen MR) is 51.9 cm³/mol. The fourth-order valence-electron chi connectivity index (χ4n) is 0.930. The van der Waals surface area contributed by atoms with Gasteiger partial charge in [-0.15, -0.1) is 0 Å². The first kappa shape index (κ1) is 9.61. The van der Waals surface area contributed by atoms with E-state index in [4.69, 9.17) is 5.73 Å². The fourth-order valence-corrected chi connectivity index (χ4v) is 1.51. The molecular formula is C8H12BrN3. The van der Waals surface area contributed by atoms with E-state index < -0.39 is 0 Å². The largest absolute Gasteiger partial charge is 0.330 e. The molecule has 0 fully saturated rings. The number of aromatic nitrogens is 2. The zero-order chi connectivity index (χ0) is 9.14. The Kier molecular flexibility index (Phi) is 3.17. The van der Waals surface area contributed by atoms with Crippen LogP contribution >= 0.6 is 15.9 Å². The third-order valence-electron chi connectivity index (χ3n) is 1.71. The van der Waals surface area contributed by atoms with Gasteiger partial charge in [0, 0.05) is 18.7 Å². The molecule has 1 unspecified atom stereocenters. The standard InChI is InChI=1S/C8H12BrN3/c1-5(3-10)8-7(9)4-11-6(2)12-8/h4-5H,3,10H2,1-2H3. The van der Waals surface area contributed by atoms with Gasteiger partial charge in [0.25, 0.3) is 0 Å². The SMILES string of the molecule is Cc1ncc(Br)c(C(C)CN)n1. The van der Waals surface area contributed by atoms with Crippen LogP contribution in [0.2, 0.25) is 0 Å². The molecule has 3 nitrogen and oxygen atoms in total. The average molecular weight is 230 g/mol. The lowest BCUT2D eigenvalue weighted by atomic mass is 10.1. The van der Waals surface area contributed by atoms with Gasteiger partial charge in [-0.25, -0.2) is 9.97 Å². The highest BCUT2D eigenvalue weighted by Gasteiger charge is 2.09. The molecule has 12 heavy (non-hydrogen) atoms. The van der Waals surface area contributed by atoms with Crippen molar-refractivity contribution in [3.05, 3.63) is 22.2 Å². The lowest BCUT2D eigenvalue weighted by Gasteiger charge is -2.09. The van der Waals surface area contributed by atoms with Crippen LogP contribution in [0.4, 0.5) is 0 Å². The molecule has 1 atom stereocenters. The van der Waals surface area contributed by atoms with Gasteiger partial charge in [0.2, 0.25) is 0 Å². The fraction of sp³-hybridized carbons (Fsp3) is 0.500. The third-order valence-corrected chi connectivity index (χ3v) is 2.32. The number of hydrogen-bond donors (Lipinski definition) is 1. The summed E-state index contributed by atoms with van der Waals surface area (Å²) in [5.41, 5.74) is 6.53. The van der Waals surface area contributed by atoms with Crippen LogP contribution in [0.3, 0.4) is 0 Å². The summed E-state index contributed by atoms with van der Waals surface area (Å²) in [6.45, 7) is 4.53. The summed E-state index contributed by atoms with van der Waals surface area (Å²) in [6.07, 6.45) is 1.77. The van der Waals surface area contributed by atoms with Gasteiger partial charge in [0.15, 0.2) is 0 Å². The van der Waals surface area contributed by atoms with Crippen LogP contribution in [0.15, 0.2) is 10.7 Å². The molecule has 4 heteroatoms. The van der Waals surface area contributed by atoms with Crippen LogP contribution < -0.4 is 5.73 Å². The molecule has 1 aromatic rings. The topological polar surface area (TPSA) is 51.8 Å². The second-order valence-corrected chi connectivity index (χ2v) is 3.64. The summed E-state index contributed by atoms with van der Waals surface area (Å²) in [5, 5.41) is 0. The highest BCUT2D eigenvalue weighted by Crippen LogP contribution is 2.20. The van der Waals surface area contributed by atoms with E-state index in [0.29, 0.717) is 6.54 Å². The highest BCUT2D eigenvalue weighted by molar-refractivity contribution is 9.10. The highest BCUT2D eigenvalue weighted by atomic mass is 79.9. The molecule has 0 aromatic carbocycles. The Bertz CT molecular complexity index is 275. The van der Waals surface area contributed by atoms with Crippen molar-refractivity contribution in [3.63, 3.8) is 0 Å². The van der Waals surface area contributed by atoms with Crippen LogP contribution in [0, 0.1) is 6.92 Å². The number of nitrogens with two attached hydrogens (primary N) is 1. The van der Waals surface area contributed by atoms with E-state index in [2.05, 4.69) is 25.9 Å². The van der Waals surface area contributed by atoms with Crippen molar-refractivity contribution in [2.45, 2.75) is 19.8 Å². The van der Waals surface area contributed by atoms with Crippen LogP contribution in [-0.4, -0.2) is 16.5 Å². The molecular weight excluding hydrogens is 218 g/mol. The first-order valence-corrected chi connectivity index (χ1v) is 4.63. The van der Waals surface area contributed by atoms with Crippen LogP contribution in [0.5, 0.6) is 0 Å². The monoisotopic (exact) mass is 229 g/mol. The van der Waals surface area contributed by atoms with Crippen molar-refractivity contribution in [1.82, 2.24) is 9.97 Å². The number of nitrogens with zero attached hydrogens (tertiary/aromatic N) is 2. The summed E-state index contributed by atoms with van der Waals surface area (Å²) in [7, 11) is 0. The van der Waals surface area contributed by atoms with E-state index in [0.717, 1.165) is 16.0 Å². The van der Waals surface area contributed by atoms with Crippen molar-refractivity contribution >= 4 is 15.9 Å². The van der Waals surface area contributed by atoms with Crippen molar-refractivity contribution < 1.29 is 0 Å². The average Bonchev–Trinajstić information content (AvgIpc) is 2.08. The molecule has 1 rings (SSSR count). The van der Waals surface area contributed by atoms with E-state index in [9.17, 15) is 0 Å². The Morgan fingerprint density at radius 3 is 2.92 bits per heavy atom. The van der Waals surface area contributed by atoms with E-state index in [1.807, 2.05) is 13.8 Å². The van der Waals surface area contributed by atoms with Crippen molar-refractivity contribution in [2.75, 3.05) is 6.54 Å². The van der Waals surface area contributed by atoms with E-state index in [-0.39, 0.29) is 5.92 Å². The summed E-state index contributed by atoms with van der Waals surface area (Å²) in [6, 6.07) is 0. The number of rotatable bonds is 2. The Morgan fingerprint density at radius 1 is 1.67 bits per heavy atom. The number of aryl methyl sites for hydroxylation is 1. The first-order chi connectivity index (χ1) is 5.65. The molecule has 0 bridgehead atoms. The minimum atomic E-state index is 0.279. The van der Waals surface area contributed by atoms with Gasteiger partial charge >= 0.3 is 0 Å². The van der Waals surface area contributed by atoms with Gasteiger partial charge in [-0.05, 0) is 22.9 Å². The molecule has 1 aromatic heterocycles. The smallest absolute Gasteiger partial charge is 0.125 e. The van der Waals surface area contributed by atoms with Gasteiger partial charge in [-0.2, -0.15) is 0 Å². The zero-order valence-electron chi connectivity index (χ0n) is 7.21. The summed E-state index contributed by atoms with van der Waals surface area (Å²) >= 11 is 3.39. The van der Waals surface area contributed by atoms with Gasteiger partial charge in [-0.3, -0.25) is 0 Å². The van der Waals surface area contributed by atoms with Crippen molar-refractivity contribution in [1.29, 1.82) is 0 Å². The Morgan fingerprint density at radius 2 is 2.33 bits per heavy atom.